The van der Waals surface area contributed by atoms with Crippen molar-refractivity contribution in [1.29, 1.82) is 0 Å². The molecular weight excluding hydrogens is 454 g/mol. The van der Waals surface area contributed by atoms with Gasteiger partial charge in [-0.3, -0.25) is 9.59 Å². The van der Waals surface area contributed by atoms with E-state index in [2.05, 4.69) is 9.97 Å². The number of ketones is 1. The van der Waals surface area contributed by atoms with E-state index in [1.165, 1.54) is 34.5 Å². The van der Waals surface area contributed by atoms with Gasteiger partial charge in [0.1, 0.15) is 11.4 Å². The Bertz CT molecular complexity index is 1410. The summed E-state index contributed by atoms with van der Waals surface area (Å²) in [6.45, 7) is 2.43. The number of H-pyrrole nitrogens is 2. The molecule has 1 aliphatic heterocycles. The first-order valence-corrected chi connectivity index (χ1v) is 11.0. The van der Waals surface area contributed by atoms with Crippen LogP contribution in [-0.2, 0) is 4.74 Å². The Hall–Kier alpha value is -4.21. The molecule has 35 heavy (non-hydrogen) atoms. The third-order valence-electron chi connectivity index (χ3n) is 6.68. The van der Waals surface area contributed by atoms with E-state index in [4.69, 9.17) is 18.9 Å². The lowest BCUT2D eigenvalue weighted by atomic mass is 9.83. The lowest BCUT2D eigenvalue weighted by Crippen LogP contribution is -2.29. The van der Waals surface area contributed by atoms with Crippen molar-refractivity contribution in [3.05, 3.63) is 52.6 Å². The van der Waals surface area contributed by atoms with E-state index in [-0.39, 0.29) is 29.2 Å². The van der Waals surface area contributed by atoms with Crippen LogP contribution in [0.4, 0.5) is 0 Å². The van der Waals surface area contributed by atoms with Gasteiger partial charge in [0.2, 0.25) is 11.5 Å². The van der Waals surface area contributed by atoms with E-state index in [1.54, 1.807) is 23.1 Å². The highest BCUT2D eigenvalue weighted by atomic mass is 16.5. The predicted molar refractivity (Wildman–Crippen MR) is 125 cm³/mol. The fourth-order valence-electron chi connectivity index (χ4n) is 5.14. The molecule has 1 saturated heterocycles. The van der Waals surface area contributed by atoms with Gasteiger partial charge < -0.3 is 33.8 Å². The number of carbonyl (C=O) groups is 3. The number of likely N-dealkylation sites (tertiary alicyclic amines) is 1. The largest absolute Gasteiger partial charge is 0.493 e. The summed E-state index contributed by atoms with van der Waals surface area (Å²) in [4.78, 5) is 46.2. The molecule has 1 aromatic carbocycles. The van der Waals surface area contributed by atoms with Gasteiger partial charge in [-0.05, 0) is 29.7 Å². The highest BCUT2D eigenvalue weighted by molar-refractivity contribution is 6.09. The second kappa shape index (κ2) is 8.23. The number of amides is 1. The normalized spacial score (nSPS) is 18.7. The molecular formula is C25H25N3O7. The van der Waals surface area contributed by atoms with Crippen molar-refractivity contribution in [3.63, 3.8) is 0 Å². The molecule has 1 unspecified atom stereocenters. The van der Waals surface area contributed by atoms with Gasteiger partial charge in [-0.1, -0.05) is 6.92 Å². The van der Waals surface area contributed by atoms with Gasteiger partial charge in [0, 0.05) is 29.6 Å². The first-order valence-electron chi connectivity index (χ1n) is 11.0. The maximum Gasteiger partial charge on any atom is 0.354 e. The molecule has 5 rings (SSSR count). The summed E-state index contributed by atoms with van der Waals surface area (Å²) in [7, 11) is 5.84. The van der Waals surface area contributed by atoms with Crippen LogP contribution in [0.1, 0.15) is 49.9 Å². The van der Waals surface area contributed by atoms with Gasteiger partial charge in [0.05, 0.1) is 39.6 Å². The van der Waals surface area contributed by atoms with Crippen LogP contribution in [0.3, 0.4) is 0 Å². The summed E-state index contributed by atoms with van der Waals surface area (Å²) in [5.74, 6) is 0.0192. The number of rotatable bonds is 5. The number of hydrogen-bond donors (Lipinski definition) is 2. The monoisotopic (exact) mass is 479 g/mol. The molecule has 182 valence electrons. The first-order chi connectivity index (χ1) is 16.8. The number of methoxy groups -OCH3 is 4. The van der Waals surface area contributed by atoms with Crippen LogP contribution in [0.5, 0.6) is 17.2 Å². The Kier molecular flexibility index (Phi) is 5.31. The lowest BCUT2D eigenvalue weighted by molar-refractivity contribution is 0.0594. The molecule has 2 N–H and O–H groups in total. The predicted octanol–water partition coefficient (Wildman–Crippen LogP) is 3.26. The van der Waals surface area contributed by atoms with E-state index < -0.39 is 5.97 Å². The molecule has 2 aliphatic rings. The Morgan fingerprint density at radius 1 is 0.971 bits per heavy atom. The highest BCUT2D eigenvalue weighted by Gasteiger charge is 2.44. The van der Waals surface area contributed by atoms with Crippen LogP contribution >= 0.6 is 0 Å². The number of nitrogens with one attached hydrogen (secondary N) is 2. The summed E-state index contributed by atoms with van der Waals surface area (Å²) < 4.78 is 21.2. The zero-order valence-electron chi connectivity index (χ0n) is 20.0. The molecule has 10 nitrogen and oxygen atoms in total. The lowest BCUT2D eigenvalue weighted by Gasteiger charge is -2.23. The second-order valence-corrected chi connectivity index (χ2v) is 8.60. The van der Waals surface area contributed by atoms with E-state index in [0.717, 1.165) is 5.39 Å². The van der Waals surface area contributed by atoms with Crippen molar-refractivity contribution in [2.24, 2.45) is 5.92 Å². The van der Waals surface area contributed by atoms with Crippen molar-refractivity contribution in [2.45, 2.75) is 12.8 Å². The minimum atomic E-state index is -0.551. The van der Waals surface area contributed by atoms with Gasteiger partial charge in [-0.2, -0.15) is 0 Å². The molecule has 0 spiro atoms. The minimum Gasteiger partial charge on any atom is -0.493 e. The summed E-state index contributed by atoms with van der Waals surface area (Å²) in [5.41, 5.74) is 2.81. The summed E-state index contributed by atoms with van der Waals surface area (Å²) in [6.07, 6.45) is 1.47. The molecule has 3 heterocycles. The van der Waals surface area contributed by atoms with E-state index in [9.17, 15) is 14.4 Å². The molecule has 2 atom stereocenters. The number of hydrogen-bond acceptors (Lipinski definition) is 7. The van der Waals surface area contributed by atoms with Crippen LogP contribution in [0.2, 0.25) is 0 Å². The number of fused-ring (bicyclic) bond motifs is 4. The van der Waals surface area contributed by atoms with Gasteiger partial charge in [-0.15, -0.1) is 0 Å². The van der Waals surface area contributed by atoms with Gasteiger partial charge in [0.15, 0.2) is 11.5 Å². The van der Waals surface area contributed by atoms with Crippen LogP contribution in [-0.4, -0.2) is 67.5 Å². The van der Waals surface area contributed by atoms with Crippen LogP contribution < -0.4 is 14.2 Å². The van der Waals surface area contributed by atoms with E-state index in [0.29, 0.717) is 52.0 Å². The Morgan fingerprint density at radius 2 is 1.71 bits per heavy atom. The summed E-state index contributed by atoms with van der Waals surface area (Å²) in [6, 6.07) is 5.14. The molecule has 0 radical (unpaired) electrons. The Balaban J connectivity index is 1.54. The van der Waals surface area contributed by atoms with Crippen molar-refractivity contribution >= 4 is 28.6 Å². The van der Waals surface area contributed by atoms with E-state index in [1.807, 2.05) is 6.92 Å². The maximum atomic E-state index is 13.7. The number of aromatic nitrogens is 2. The van der Waals surface area contributed by atoms with Crippen molar-refractivity contribution < 1.29 is 33.3 Å². The second-order valence-electron chi connectivity index (χ2n) is 8.60. The Labute approximate surface area is 200 Å². The molecule has 3 aromatic rings. The Morgan fingerprint density at radius 3 is 2.37 bits per heavy atom. The number of nitrogens with zero attached hydrogens (tertiary/aromatic N) is 1. The number of carbonyl (C=O) groups excluding carboxylic acids is 3. The maximum absolute atomic E-state index is 13.7. The average molecular weight is 479 g/mol. The van der Waals surface area contributed by atoms with Gasteiger partial charge >= 0.3 is 5.97 Å². The minimum absolute atomic E-state index is 0.0254. The molecule has 1 amide bonds. The molecule has 1 fully saturated rings. The molecule has 1 aliphatic carbocycles. The molecule has 2 aromatic heterocycles. The summed E-state index contributed by atoms with van der Waals surface area (Å²) in [5, 5.41) is 0.719. The summed E-state index contributed by atoms with van der Waals surface area (Å²) >= 11 is 0. The van der Waals surface area contributed by atoms with Crippen molar-refractivity contribution in [2.75, 3.05) is 35.0 Å². The first kappa shape index (κ1) is 22.6. The number of ether oxygens (including phenoxy) is 4. The zero-order valence-corrected chi connectivity index (χ0v) is 20.0. The number of allylic oxidation sites excluding steroid dienone is 2. The van der Waals surface area contributed by atoms with Gasteiger partial charge in [0.25, 0.3) is 5.91 Å². The average Bonchev–Trinajstić information content (AvgIpc) is 3.57. The number of esters is 1. The molecule has 0 bridgehead atoms. The van der Waals surface area contributed by atoms with Crippen molar-refractivity contribution in [3.8, 4) is 17.2 Å². The van der Waals surface area contributed by atoms with Crippen LogP contribution in [0, 0.1) is 5.92 Å². The smallest absolute Gasteiger partial charge is 0.354 e. The quantitative estimate of drug-likeness (QED) is 0.539. The fourth-order valence-corrected chi connectivity index (χ4v) is 5.14. The molecule has 10 heteroatoms. The fraction of sp³-hybridized carbons (Fsp3) is 0.320. The molecule has 0 saturated carbocycles. The van der Waals surface area contributed by atoms with Crippen LogP contribution in [0.25, 0.3) is 10.9 Å². The topological polar surface area (TPSA) is 123 Å². The van der Waals surface area contributed by atoms with E-state index >= 15 is 0 Å². The van der Waals surface area contributed by atoms with Crippen molar-refractivity contribution in [1.82, 2.24) is 14.9 Å². The third kappa shape index (κ3) is 3.28. The third-order valence-corrected chi connectivity index (χ3v) is 6.68. The standard InChI is InChI=1S/C25H25N3O7/c1-11-10-28(16-9-17(29)21-13(19(11)16)8-15(27-21)25(31)35-5)24(30)14-6-12-7-18(32-2)22(33-3)23(34-4)20(12)26-14/h6-9,11,19,26-27H,10H2,1-5H3/t11-,19?/m1/s1. The van der Waals surface area contributed by atoms with Gasteiger partial charge in [-0.25, -0.2) is 4.79 Å². The van der Waals surface area contributed by atoms with Crippen LogP contribution in [0.15, 0.2) is 30.0 Å². The number of aromatic amines is 2. The highest BCUT2D eigenvalue weighted by Crippen LogP contribution is 2.47. The number of benzene rings is 1. The zero-order chi connectivity index (χ0) is 25.0. The SMILES string of the molecule is COC(=O)c1cc2c([nH]1)C(=O)C=C1C2[C@H](C)CN1C(=O)c1cc2cc(OC)c(OC)c(OC)c2[nH]1.